The second kappa shape index (κ2) is 32.3. The van der Waals surface area contributed by atoms with Gasteiger partial charge in [-0.05, 0) is 51.0 Å². The highest BCUT2D eigenvalue weighted by Gasteiger charge is 2.22. The summed E-state index contributed by atoms with van der Waals surface area (Å²) in [5, 5.41) is 45.6. The molecule has 1 aliphatic heterocycles. The van der Waals surface area contributed by atoms with E-state index in [2.05, 4.69) is 16.0 Å². The zero-order chi connectivity index (χ0) is 46.3. The van der Waals surface area contributed by atoms with Crippen LogP contribution in [0.25, 0.3) is 0 Å². The van der Waals surface area contributed by atoms with Crippen LogP contribution in [-0.2, 0) is 44.9 Å². The molecular formula is C41H66N8O13. The summed E-state index contributed by atoms with van der Waals surface area (Å²) >= 11 is 0. The quantitative estimate of drug-likeness (QED) is 0.0647. The normalized spacial score (nSPS) is 14.9. The zero-order valence-corrected chi connectivity index (χ0v) is 36.1. The number of carboxylic acid groups (broad SMARTS) is 4. The number of urea groups is 1. The molecule has 1 atom stereocenters. The van der Waals surface area contributed by atoms with E-state index in [0.717, 1.165) is 17.5 Å². The minimum Gasteiger partial charge on any atom is -0.480 e. The van der Waals surface area contributed by atoms with Gasteiger partial charge in [0.25, 0.3) is 0 Å². The predicted octanol–water partition coefficient (Wildman–Crippen LogP) is 0.225. The molecule has 0 spiro atoms. The molecule has 0 radical (unpaired) electrons. The SMILES string of the molecule is CCC[C@H](NC(=O)NCCCCCN(Cc1ccc(C)cc1)C(=O)CCCCNC(=O)CN1CCN(CC(=O)O)CCN(CC(=O)O)CCN(CC(=O)O)CC1)C(=O)O.O=C=O. The Kier molecular flexibility index (Phi) is 28.4. The van der Waals surface area contributed by atoms with E-state index in [-0.39, 0.29) is 70.3 Å². The van der Waals surface area contributed by atoms with Gasteiger partial charge in [0.2, 0.25) is 11.8 Å². The van der Waals surface area contributed by atoms with E-state index in [1.807, 2.05) is 47.9 Å². The van der Waals surface area contributed by atoms with Gasteiger partial charge in [-0.3, -0.25) is 43.6 Å². The Morgan fingerprint density at radius 1 is 0.661 bits per heavy atom. The number of carboxylic acids is 4. The fourth-order valence-electron chi connectivity index (χ4n) is 6.60. The molecule has 1 fully saturated rings. The Balaban J connectivity index is 0.00000621. The van der Waals surface area contributed by atoms with Crippen molar-refractivity contribution in [3.8, 4) is 0 Å². The average Bonchev–Trinajstić information content (AvgIpc) is 3.19. The lowest BCUT2D eigenvalue weighted by molar-refractivity contribution is -0.192. The lowest BCUT2D eigenvalue weighted by atomic mass is 10.1. The van der Waals surface area contributed by atoms with Crippen molar-refractivity contribution in [1.82, 2.24) is 40.4 Å². The first-order valence-corrected chi connectivity index (χ1v) is 21.0. The number of hydrogen-bond acceptors (Lipinski definition) is 13. The van der Waals surface area contributed by atoms with E-state index in [1.165, 1.54) is 0 Å². The number of amides is 4. The van der Waals surface area contributed by atoms with E-state index < -0.39 is 36.0 Å². The van der Waals surface area contributed by atoms with Crippen LogP contribution in [0.2, 0.25) is 0 Å². The number of nitrogens with one attached hydrogen (secondary N) is 3. The van der Waals surface area contributed by atoms with Gasteiger partial charge in [-0.1, -0.05) is 43.2 Å². The second-order valence-electron chi connectivity index (χ2n) is 15.1. The lowest BCUT2D eigenvalue weighted by Gasteiger charge is -2.32. The van der Waals surface area contributed by atoms with Crippen molar-refractivity contribution in [3.05, 3.63) is 35.4 Å². The van der Waals surface area contributed by atoms with Gasteiger partial charge >= 0.3 is 36.1 Å². The zero-order valence-electron chi connectivity index (χ0n) is 36.1. The van der Waals surface area contributed by atoms with Gasteiger partial charge in [0, 0.05) is 85.0 Å². The molecule has 62 heavy (non-hydrogen) atoms. The molecule has 0 aromatic heterocycles. The van der Waals surface area contributed by atoms with Gasteiger partial charge in [0.15, 0.2) is 0 Å². The number of nitrogens with zero attached hydrogens (tertiary/aromatic N) is 5. The molecule has 0 unspecified atom stereocenters. The molecule has 348 valence electrons. The molecule has 21 nitrogen and oxygen atoms in total. The van der Waals surface area contributed by atoms with Crippen molar-refractivity contribution in [3.63, 3.8) is 0 Å². The van der Waals surface area contributed by atoms with E-state index in [1.54, 1.807) is 14.7 Å². The van der Waals surface area contributed by atoms with E-state index in [9.17, 15) is 54.0 Å². The maximum Gasteiger partial charge on any atom is 0.373 e. The Hall–Kier alpha value is -5.47. The smallest absolute Gasteiger partial charge is 0.373 e. The summed E-state index contributed by atoms with van der Waals surface area (Å²) in [5.74, 6) is -4.41. The first-order chi connectivity index (χ1) is 29.6. The second-order valence-corrected chi connectivity index (χ2v) is 15.1. The topological polar surface area (TPSA) is 287 Å². The maximum absolute atomic E-state index is 13.4. The van der Waals surface area contributed by atoms with E-state index in [0.29, 0.717) is 97.3 Å². The van der Waals surface area contributed by atoms with Crippen LogP contribution in [0.15, 0.2) is 24.3 Å². The number of aryl methyl sites for hydroxylation is 1. The summed E-state index contributed by atoms with van der Waals surface area (Å²) in [4.78, 5) is 109. The standard InChI is InChI=1S/C40H66N8O11.CO2/c1-3-9-33(39(57)58)43-40(59)42-16-6-4-8-17-48(26-32-13-11-31(2)12-14-32)35(50)10-5-7-15-41-34(49)27-44-18-20-45(28-36(51)52)22-24-47(30-38(55)56)25-23-46(21-19-44)29-37(53)54;2-1-3/h11-14,33H,3-10,15-30H2,1-2H3,(H,41,49)(H,51,52)(H,53,54)(H,55,56)(H,57,58)(H2,42,43,59);/t33-;/m0./s1. The predicted molar refractivity (Wildman–Crippen MR) is 224 cm³/mol. The van der Waals surface area contributed by atoms with Crippen molar-refractivity contribution < 1.29 is 63.6 Å². The van der Waals surface area contributed by atoms with E-state index in [4.69, 9.17) is 9.59 Å². The Morgan fingerprint density at radius 2 is 1.11 bits per heavy atom. The molecule has 21 heteroatoms. The highest BCUT2D eigenvalue weighted by atomic mass is 16.4. The molecule has 2 rings (SSSR count). The van der Waals surface area contributed by atoms with Crippen molar-refractivity contribution in [2.24, 2.45) is 0 Å². The molecule has 1 aromatic rings. The van der Waals surface area contributed by atoms with Crippen molar-refractivity contribution in [2.75, 3.05) is 98.2 Å². The maximum atomic E-state index is 13.4. The number of carbonyl (C=O) groups is 7. The van der Waals surface area contributed by atoms with Gasteiger partial charge in [-0.2, -0.15) is 9.59 Å². The number of benzene rings is 1. The molecule has 1 heterocycles. The summed E-state index contributed by atoms with van der Waals surface area (Å²) in [6.45, 7) is 7.24. The molecule has 1 saturated heterocycles. The van der Waals surface area contributed by atoms with Crippen LogP contribution >= 0.6 is 0 Å². The van der Waals surface area contributed by atoms with Gasteiger partial charge in [-0.15, -0.1) is 0 Å². The first kappa shape index (κ1) is 54.5. The van der Waals surface area contributed by atoms with Gasteiger partial charge in [-0.25, -0.2) is 9.59 Å². The molecule has 0 bridgehead atoms. The molecule has 0 aliphatic carbocycles. The fraction of sp³-hybridized carbons (Fsp3) is 0.659. The monoisotopic (exact) mass is 878 g/mol. The van der Waals surface area contributed by atoms with Crippen LogP contribution in [0.4, 0.5) is 4.79 Å². The summed E-state index contributed by atoms with van der Waals surface area (Å²) in [7, 11) is 0. The van der Waals surface area contributed by atoms with Gasteiger partial charge < -0.3 is 41.3 Å². The first-order valence-electron chi connectivity index (χ1n) is 21.0. The number of aliphatic carboxylic acids is 4. The van der Waals surface area contributed by atoms with Crippen LogP contribution in [-0.4, -0.2) is 197 Å². The molecule has 1 aromatic carbocycles. The Morgan fingerprint density at radius 3 is 1.56 bits per heavy atom. The van der Waals surface area contributed by atoms with Crippen molar-refractivity contribution in [2.45, 2.75) is 77.8 Å². The van der Waals surface area contributed by atoms with Crippen LogP contribution < -0.4 is 16.0 Å². The highest BCUT2D eigenvalue weighted by Crippen LogP contribution is 2.12. The summed E-state index contributed by atoms with van der Waals surface area (Å²) in [6.07, 6.45) is 4.76. The third-order valence-corrected chi connectivity index (χ3v) is 9.93. The molecule has 7 N–H and O–H groups in total. The minimum atomic E-state index is -1.07. The van der Waals surface area contributed by atoms with Gasteiger partial charge in [0.05, 0.1) is 26.2 Å². The highest BCUT2D eigenvalue weighted by molar-refractivity contribution is 5.82. The largest absolute Gasteiger partial charge is 0.480 e. The molecule has 0 saturated carbocycles. The van der Waals surface area contributed by atoms with Crippen LogP contribution in [0, 0.1) is 6.92 Å². The lowest BCUT2D eigenvalue weighted by Crippen LogP contribution is -2.49. The summed E-state index contributed by atoms with van der Waals surface area (Å²) in [5.41, 5.74) is 2.12. The Labute approximate surface area is 362 Å². The number of hydrogen-bond donors (Lipinski definition) is 7. The fourth-order valence-corrected chi connectivity index (χ4v) is 6.60. The summed E-state index contributed by atoms with van der Waals surface area (Å²) < 4.78 is 0. The molecule has 1 aliphatic rings. The molecular weight excluding hydrogens is 812 g/mol. The third kappa shape index (κ3) is 26.7. The van der Waals surface area contributed by atoms with Crippen molar-refractivity contribution >= 4 is 47.9 Å². The number of carbonyl (C=O) groups excluding carboxylic acids is 5. The van der Waals surface area contributed by atoms with Gasteiger partial charge in [0.1, 0.15) is 6.04 Å². The van der Waals surface area contributed by atoms with E-state index >= 15 is 0 Å². The minimum absolute atomic E-state index is 0.00714. The van der Waals surface area contributed by atoms with Crippen LogP contribution in [0.3, 0.4) is 0 Å². The van der Waals surface area contributed by atoms with Crippen LogP contribution in [0.5, 0.6) is 0 Å². The van der Waals surface area contributed by atoms with Crippen molar-refractivity contribution in [1.29, 1.82) is 0 Å². The number of rotatable bonds is 25. The van der Waals surface area contributed by atoms with Crippen LogP contribution in [0.1, 0.15) is 69.4 Å². The summed E-state index contributed by atoms with van der Waals surface area (Å²) in [6, 6.07) is 6.55. The Bertz CT molecular complexity index is 1540. The average molecular weight is 879 g/mol. The molecule has 4 amide bonds. The number of unbranched alkanes of at least 4 members (excludes halogenated alkanes) is 3. The third-order valence-electron chi connectivity index (χ3n) is 9.93.